The van der Waals surface area contributed by atoms with Crippen molar-refractivity contribution in [3.8, 4) is 0 Å². The van der Waals surface area contributed by atoms with E-state index in [2.05, 4.69) is 16.4 Å². The number of rotatable bonds is 4. The first-order chi connectivity index (χ1) is 17.0. The standard InChI is InChI=1S/C25H31N5O4S/c1-34-25(33)30-12-9-15-5-2-3-6-17(15)21(30)24(32)29-11-4-7-19(29)23(31)28-14-16-13-18-20(35-16)8-10-27-22(18)26/h6,8,10,13,15,19,21H,2-5,7,9,11-12,14H2,1H3,(H2,26,27)(H,28,31)/t15?,19-,21?/m0/s1. The largest absolute Gasteiger partial charge is 0.453 e. The van der Waals surface area contributed by atoms with Crippen molar-refractivity contribution in [1.82, 2.24) is 20.1 Å². The average Bonchev–Trinajstić information content (AvgIpc) is 3.54. The molecule has 9 nitrogen and oxygen atoms in total. The normalized spacial score (nSPS) is 24.1. The van der Waals surface area contributed by atoms with Gasteiger partial charge in [-0.05, 0) is 62.1 Å². The van der Waals surface area contributed by atoms with Crippen molar-refractivity contribution in [2.45, 2.75) is 57.2 Å². The number of piperidine rings is 1. The van der Waals surface area contributed by atoms with Crippen LogP contribution < -0.4 is 11.1 Å². The second-order valence-electron chi connectivity index (χ2n) is 9.41. The summed E-state index contributed by atoms with van der Waals surface area (Å²) in [5, 5.41) is 3.89. The Balaban J connectivity index is 1.32. The summed E-state index contributed by atoms with van der Waals surface area (Å²) in [6.45, 7) is 1.35. The second kappa shape index (κ2) is 9.85. The Labute approximate surface area is 208 Å². The number of nitrogens with zero attached hydrogens (tertiary/aromatic N) is 3. The molecule has 1 aliphatic carbocycles. The Kier molecular flexibility index (Phi) is 6.64. The fourth-order valence-electron chi connectivity index (χ4n) is 5.68. The number of likely N-dealkylation sites (tertiary alicyclic amines) is 2. The maximum Gasteiger partial charge on any atom is 0.410 e. The van der Waals surface area contributed by atoms with Gasteiger partial charge in [-0.1, -0.05) is 6.08 Å². The van der Waals surface area contributed by atoms with Crippen LogP contribution in [0, 0.1) is 5.92 Å². The Morgan fingerprint density at radius 1 is 1.20 bits per heavy atom. The Morgan fingerprint density at radius 2 is 2.06 bits per heavy atom. The molecule has 0 bridgehead atoms. The van der Waals surface area contributed by atoms with Crippen molar-refractivity contribution >= 4 is 45.1 Å². The van der Waals surface area contributed by atoms with E-state index in [-0.39, 0.29) is 11.8 Å². The number of nitrogen functional groups attached to an aromatic ring is 1. The predicted octanol–water partition coefficient (Wildman–Crippen LogP) is 3.05. The van der Waals surface area contributed by atoms with Crippen molar-refractivity contribution in [3.05, 3.63) is 34.9 Å². The average molecular weight is 498 g/mol. The van der Waals surface area contributed by atoms with Gasteiger partial charge in [-0.15, -0.1) is 11.3 Å². The molecule has 186 valence electrons. The van der Waals surface area contributed by atoms with E-state index in [1.54, 1.807) is 27.3 Å². The third kappa shape index (κ3) is 4.47. The maximum absolute atomic E-state index is 13.9. The monoisotopic (exact) mass is 497 g/mol. The van der Waals surface area contributed by atoms with Crippen LogP contribution in [0.2, 0.25) is 0 Å². The highest BCUT2D eigenvalue weighted by molar-refractivity contribution is 7.19. The number of aromatic nitrogens is 1. The number of nitrogens with one attached hydrogen (secondary N) is 1. The molecule has 2 aromatic rings. The molecule has 3 amide bonds. The number of ether oxygens (including phenoxy) is 1. The van der Waals surface area contributed by atoms with Gasteiger partial charge >= 0.3 is 6.09 Å². The van der Waals surface area contributed by atoms with Crippen LogP contribution in [0.25, 0.3) is 10.1 Å². The molecule has 0 radical (unpaired) electrons. The molecule has 2 aliphatic heterocycles. The van der Waals surface area contributed by atoms with E-state index in [4.69, 9.17) is 10.5 Å². The summed E-state index contributed by atoms with van der Waals surface area (Å²) in [4.78, 5) is 47.9. The van der Waals surface area contributed by atoms with Crippen LogP contribution in [0.4, 0.5) is 10.6 Å². The lowest BCUT2D eigenvalue weighted by molar-refractivity contribution is -0.142. The minimum atomic E-state index is -0.687. The van der Waals surface area contributed by atoms with Crippen molar-refractivity contribution in [2.75, 3.05) is 25.9 Å². The van der Waals surface area contributed by atoms with Crippen LogP contribution in [-0.4, -0.2) is 65.0 Å². The van der Waals surface area contributed by atoms with Gasteiger partial charge in [-0.3, -0.25) is 14.5 Å². The van der Waals surface area contributed by atoms with E-state index in [1.807, 2.05) is 12.1 Å². The number of nitrogens with two attached hydrogens (primary N) is 1. The van der Waals surface area contributed by atoms with E-state index < -0.39 is 18.2 Å². The van der Waals surface area contributed by atoms with E-state index in [1.165, 1.54) is 7.11 Å². The number of allylic oxidation sites excluding steroid dienone is 1. The van der Waals surface area contributed by atoms with Gasteiger partial charge in [0.15, 0.2) is 0 Å². The molecule has 2 fully saturated rings. The third-order valence-electron chi connectivity index (χ3n) is 7.40. The summed E-state index contributed by atoms with van der Waals surface area (Å²) in [7, 11) is 1.34. The number of amides is 3. The van der Waals surface area contributed by atoms with Crippen molar-refractivity contribution in [2.24, 2.45) is 5.92 Å². The van der Waals surface area contributed by atoms with E-state index in [0.717, 1.165) is 52.6 Å². The lowest BCUT2D eigenvalue weighted by atomic mass is 9.78. The number of fused-ring (bicyclic) bond motifs is 2. The molecular weight excluding hydrogens is 466 g/mol. The molecule has 35 heavy (non-hydrogen) atoms. The fraction of sp³-hybridized carbons (Fsp3) is 0.520. The highest BCUT2D eigenvalue weighted by Crippen LogP contribution is 2.38. The molecule has 3 N–H and O–H groups in total. The Morgan fingerprint density at radius 3 is 2.86 bits per heavy atom. The summed E-state index contributed by atoms with van der Waals surface area (Å²) in [6.07, 6.45) is 8.54. The summed E-state index contributed by atoms with van der Waals surface area (Å²) >= 11 is 1.56. The van der Waals surface area contributed by atoms with Crippen LogP contribution in [0.15, 0.2) is 30.0 Å². The number of hydrogen-bond acceptors (Lipinski definition) is 7. The summed E-state index contributed by atoms with van der Waals surface area (Å²) in [6, 6.07) is 2.62. The van der Waals surface area contributed by atoms with E-state index in [9.17, 15) is 14.4 Å². The number of thiophene rings is 1. The SMILES string of the molecule is COC(=O)N1CCC2CCCC=C2C1C(=O)N1CCC[C@H]1C(=O)NCc1cc2c(N)nccc2s1. The zero-order valence-corrected chi connectivity index (χ0v) is 20.7. The maximum atomic E-state index is 13.9. The van der Waals surface area contributed by atoms with Crippen LogP contribution in [-0.2, 0) is 20.9 Å². The fourth-order valence-corrected chi connectivity index (χ4v) is 6.69. The molecule has 2 unspecified atom stereocenters. The third-order valence-corrected chi connectivity index (χ3v) is 8.50. The van der Waals surface area contributed by atoms with Crippen LogP contribution in [0.3, 0.4) is 0 Å². The van der Waals surface area contributed by atoms with Gasteiger partial charge in [0.25, 0.3) is 5.91 Å². The van der Waals surface area contributed by atoms with Gasteiger partial charge in [0.1, 0.15) is 17.9 Å². The van der Waals surface area contributed by atoms with Gasteiger partial charge in [0, 0.05) is 34.2 Å². The Hall–Kier alpha value is -3.14. The minimum Gasteiger partial charge on any atom is -0.453 e. The predicted molar refractivity (Wildman–Crippen MR) is 134 cm³/mol. The van der Waals surface area contributed by atoms with Gasteiger partial charge in [-0.25, -0.2) is 9.78 Å². The molecule has 5 rings (SSSR count). The number of hydrogen-bond donors (Lipinski definition) is 2. The highest BCUT2D eigenvalue weighted by Gasteiger charge is 2.46. The highest BCUT2D eigenvalue weighted by atomic mass is 32.1. The lowest BCUT2D eigenvalue weighted by Gasteiger charge is -2.43. The van der Waals surface area contributed by atoms with Crippen molar-refractivity contribution < 1.29 is 19.1 Å². The molecule has 0 spiro atoms. The number of carbonyl (C=O) groups is 3. The quantitative estimate of drug-likeness (QED) is 0.627. The molecule has 4 heterocycles. The van der Waals surface area contributed by atoms with Gasteiger partial charge in [-0.2, -0.15) is 0 Å². The number of carbonyl (C=O) groups excluding carboxylic acids is 3. The van der Waals surface area contributed by atoms with Crippen molar-refractivity contribution in [1.29, 1.82) is 0 Å². The molecule has 2 aromatic heterocycles. The first-order valence-electron chi connectivity index (χ1n) is 12.2. The van der Waals surface area contributed by atoms with E-state index >= 15 is 0 Å². The summed E-state index contributed by atoms with van der Waals surface area (Å²) in [5.41, 5.74) is 6.97. The molecule has 2 saturated heterocycles. The van der Waals surface area contributed by atoms with Crippen LogP contribution in [0.1, 0.15) is 43.4 Å². The van der Waals surface area contributed by atoms with E-state index in [0.29, 0.717) is 37.8 Å². The summed E-state index contributed by atoms with van der Waals surface area (Å²) in [5.74, 6) is 0.436. The minimum absolute atomic E-state index is 0.172. The number of pyridine rings is 1. The zero-order valence-electron chi connectivity index (χ0n) is 19.9. The lowest BCUT2D eigenvalue weighted by Crippen LogP contribution is -2.58. The second-order valence-corrected chi connectivity index (χ2v) is 10.6. The topological polar surface area (TPSA) is 118 Å². The van der Waals surface area contributed by atoms with Crippen LogP contribution >= 0.6 is 11.3 Å². The zero-order chi connectivity index (χ0) is 24.5. The molecular formula is C25H31N5O4S. The Bertz CT molecular complexity index is 1180. The number of anilines is 1. The molecule has 0 aromatic carbocycles. The molecule has 3 aliphatic rings. The number of methoxy groups -OCH3 is 1. The molecule has 10 heteroatoms. The smallest absolute Gasteiger partial charge is 0.410 e. The van der Waals surface area contributed by atoms with Crippen molar-refractivity contribution in [3.63, 3.8) is 0 Å². The first-order valence-corrected chi connectivity index (χ1v) is 13.0. The summed E-state index contributed by atoms with van der Waals surface area (Å²) < 4.78 is 6.03. The first kappa shape index (κ1) is 23.6. The van der Waals surface area contributed by atoms with Gasteiger partial charge < -0.3 is 20.7 Å². The molecule has 0 saturated carbocycles. The molecule has 3 atom stereocenters. The van der Waals surface area contributed by atoms with Crippen LogP contribution in [0.5, 0.6) is 0 Å². The van der Waals surface area contributed by atoms with Gasteiger partial charge in [0.05, 0.1) is 13.7 Å². The van der Waals surface area contributed by atoms with Gasteiger partial charge in [0.2, 0.25) is 5.91 Å².